The number of aromatic nitrogens is 1. The Morgan fingerprint density at radius 3 is 2.71 bits per heavy atom. The predicted octanol–water partition coefficient (Wildman–Crippen LogP) is 0.438. The first-order chi connectivity index (χ1) is 8.18. The first kappa shape index (κ1) is 11.9. The molecule has 0 aromatic carbocycles. The molecule has 1 aromatic rings. The van der Waals surface area contributed by atoms with Gasteiger partial charge < -0.3 is 19.9 Å². The van der Waals surface area contributed by atoms with Crippen molar-refractivity contribution < 1.29 is 9.26 Å². The van der Waals surface area contributed by atoms with E-state index in [0.29, 0.717) is 25.7 Å². The molecule has 6 heteroatoms. The molecule has 2 heterocycles. The lowest BCUT2D eigenvalue weighted by atomic mass is 10.2. The van der Waals surface area contributed by atoms with Crippen LogP contribution in [0.4, 0.5) is 0 Å². The highest BCUT2D eigenvalue weighted by molar-refractivity contribution is 5.78. The summed E-state index contributed by atoms with van der Waals surface area (Å²) in [5, 5.41) is 3.89. The van der Waals surface area contributed by atoms with Gasteiger partial charge >= 0.3 is 0 Å². The van der Waals surface area contributed by atoms with Crippen molar-refractivity contribution >= 4 is 5.96 Å². The van der Waals surface area contributed by atoms with E-state index in [0.717, 1.165) is 30.1 Å². The van der Waals surface area contributed by atoms with Crippen LogP contribution in [0, 0.1) is 13.8 Å². The number of guanidine groups is 1. The van der Waals surface area contributed by atoms with Crippen molar-refractivity contribution in [1.82, 2.24) is 10.1 Å². The van der Waals surface area contributed by atoms with Gasteiger partial charge in [0.1, 0.15) is 5.76 Å². The average Bonchev–Trinajstić information content (AvgIpc) is 2.67. The highest BCUT2D eigenvalue weighted by Gasteiger charge is 2.13. The average molecular weight is 238 g/mol. The molecule has 0 radical (unpaired) electrons. The van der Waals surface area contributed by atoms with Crippen LogP contribution in [-0.4, -0.2) is 42.3 Å². The summed E-state index contributed by atoms with van der Waals surface area (Å²) in [4.78, 5) is 6.41. The Morgan fingerprint density at radius 2 is 2.12 bits per heavy atom. The third-order valence-corrected chi connectivity index (χ3v) is 2.92. The monoisotopic (exact) mass is 238 g/mol. The van der Waals surface area contributed by atoms with Gasteiger partial charge in [-0.1, -0.05) is 5.16 Å². The van der Waals surface area contributed by atoms with Crippen molar-refractivity contribution in [3.8, 4) is 0 Å². The molecule has 0 unspecified atom stereocenters. The molecule has 94 valence electrons. The third kappa shape index (κ3) is 2.76. The fraction of sp³-hybridized carbons (Fsp3) is 0.636. The third-order valence-electron chi connectivity index (χ3n) is 2.92. The summed E-state index contributed by atoms with van der Waals surface area (Å²) >= 11 is 0. The maximum absolute atomic E-state index is 5.93. The summed E-state index contributed by atoms with van der Waals surface area (Å²) in [6, 6.07) is 0. The number of morpholine rings is 1. The molecule has 0 amide bonds. The molecule has 2 N–H and O–H groups in total. The zero-order valence-electron chi connectivity index (χ0n) is 10.3. The lowest BCUT2D eigenvalue weighted by Crippen LogP contribution is -2.44. The molecular formula is C11H18N4O2. The Labute approximate surface area is 100 Å². The summed E-state index contributed by atoms with van der Waals surface area (Å²) in [7, 11) is 0. The summed E-state index contributed by atoms with van der Waals surface area (Å²) < 4.78 is 10.3. The molecule has 6 nitrogen and oxygen atoms in total. The lowest BCUT2D eigenvalue weighted by Gasteiger charge is -2.27. The summed E-state index contributed by atoms with van der Waals surface area (Å²) in [6.45, 7) is 7.34. The van der Waals surface area contributed by atoms with Gasteiger partial charge in [-0.2, -0.15) is 0 Å². The second kappa shape index (κ2) is 5.18. The van der Waals surface area contributed by atoms with Crippen LogP contribution < -0.4 is 5.73 Å². The Balaban J connectivity index is 1.99. The van der Waals surface area contributed by atoms with Crippen LogP contribution >= 0.6 is 0 Å². The second-order valence-corrected chi connectivity index (χ2v) is 4.08. The van der Waals surface area contributed by atoms with Gasteiger partial charge in [0.2, 0.25) is 0 Å². The molecule has 0 saturated carbocycles. The topological polar surface area (TPSA) is 76.9 Å². The number of ether oxygens (including phenoxy) is 1. The van der Waals surface area contributed by atoms with Crippen molar-refractivity contribution in [1.29, 1.82) is 0 Å². The molecule has 1 aromatic heterocycles. The van der Waals surface area contributed by atoms with E-state index in [1.54, 1.807) is 0 Å². The fourth-order valence-electron chi connectivity index (χ4n) is 1.78. The number of nitrogens with zero attached hydrogens (tertiary/aromatic N) is 3. The SMILES string of the molecule is Cc1noc(C)c1CN=C(N)N1CCOCC1. The van der Waals surface area contributed by atoms with Crippen LogP contribution in [-0.2, 0) is 11.3 Å². The molecular weight excluding hydrogens is 220 g/mol. The molecule has 0 atom stereocenters. The maximum atomic E-state index is 5.93. The van der Waals surface area contributed by atoms with E-state index in [-0.39, 0.29) is 0 Å². The number of nitrogens with two attached hydrogens (primary N) is 1. The molecule has 1 fully saturated rings. The van der Waals surface area contributed by atoms with E-state index >= 15 is 0 Å². The minimum atomic E-state index is 0.518. The Kier molecular flexibility index (Phi) is 3.63. The standard InChI is InChI=1S/C11H18N4O2/c1-8-10(9(2)17-14-8)7-13-11(12)15-3-5-16-6-4-15/h3-7H2,1-2H3,(H2,12,13). The van der Waals surface area contributed by atoms with Crippen molar-refractivity contribution in [2.45, 2.75) is 20.4 Å². The van der Waals surface area contributed by atoms with Gasteiger partial charge in [-0.25, -0.2) is 4.99 Å². The summed E-state index contributed by atoms with van der Waals surface area (Å²) in [5.74, 6) is 1.37. The summed E-state index contributed by atoms with van der Waals surface area (Å²) in [5.41, 5.74) is 7.83. The van der Waals surface area contributed by atoms with Crippen LogP contribution in [0.25, 0.3) is 0 Å². The van der Waals surface area contributed by atoms with Gasteiger partial charge in [-0.15, -0.1) is 0 Å². The highest BCUT2D eigenvalue weighted by Crippen LogP contribution is 2.13. The molecule has 0 bridgehead atoms. The minimum Gasteiger partial charge on any atom is -0.378 e. The molecule has 0 spiro atoms. The molecule has 1 saturated heterocycles. The van der Waals surface area contributed by atoms with Crippen molar-refractivity contribution in [3.63, 3.8) is 0 Å². The van der Waals surface area contributed by atoms with Crippen molar-refractivity contribution in [2.75, 3.05) is 26.3 Å². The van der Waals surface area contributed by atoms with Crippen LogP contribution in [0.2, 0.25) is 0 Å². The largest absolute Gasteiger partial charge is 0.378 e. The number of aliphatic imine (C=N–C) groups is 1. The van der Waals surface area contributed by atoms with Gasteiger partial charge in [-0.05, 0) is 13.8 Å². The smallest absolute Gasteiger partial charge is 0.191 e. The Bertz CT molecular complexity index is 388. The first-order valence-corrected chi connectivity index (χ1v) is 5.73. The molecule has 1 aliphatic rings. The second-order valence-electron chi connectivity index (χ2n) is 4.08. The number of rotatable bonds is 2. The molecule has 1 aliphatic heterocycles. The lowest BCUT2D eigenvalue weighted by molar-refractivity contribution is 0.0674. The molecule has 17 heavy (non-hydrogen) atoms. The Morgan fingerprint density at radius 1 is 1.41 bits per heavy atom. The molecule has 2 rings (SSSR count). The van der Waals surface area contributed by atoms with E-state index in [4.69, 9.17) is 15.0 Å². The summed E-state index contributed by atoms with van der Waals surface area (Å²) in [6.07, 6.45) is 0. The van der Waals surface area contributed by atoms with E-state index in [1.807, 2.05) is 18.7 Å². The first-order valence-electron chi connectivity index (χ1n) is 5.73. The van der Waals surface area contributed by atoms with Crippen LogP contribution in [0.3, 0.4) is 0 Å². The van der Waals surface area contributed by atoms with Gasteiger partial charge in [-0.3, -0.25) is 0 Å². The van der Waals surface area contributed by atoms with E-state index < -0.39 is 0 Å². The number of aryl methyl sites for hydroxylation is 2. The molecule has 0 aliphatic carbocycles. The van der Waals surface area contributed by atoms with E-state index in [9.17, 15) is 0 Å². The quantitative estimate of drug-likeness (QED) is 0.597. The van der Waals surface area contributed by atoms with Crippen LogP contribution in [0.15, 0.2) is 9.52 Å². The Hall–Kier alpha value is -1.56. The zero-order chi connectivity index (χ0) is 12.3. The predicted molar refractivity (Wildman–Crippen MR) is 63.7 cm³/mol. The normalized spacial score (nSPS) is 17.5. The van der Waals surface area contributed by atoms with Gasteiger partial charge in [0.05, 0.1) is 25.5 Å². The number of hydrogen-bond acceptors (Lipinski definition) is 4. The number of hydrogen-bond donors (Lipinski definition) is 1. The fourth-order valence-corrected chi connectivity index (χ4v) is 1.78. The van der Waals surface area contributed by atoms with Crippen LogP contribution in [0.5, 0.6) is 0 Å². The van der Waals surface area contributed by atoms with Gasteiger partial charge in [0.15, 0.2) is 5.96 Å². The van der Waals surface area contributed by atoms with Crippen molar-refractivity contribution in [3.05, 3.63) is 17.0 Å². The van der Waals surface area contributed by atoms with Gasteiger partial charge in [0.25, 0.3) is 0 Å². The minimum absolute atomic E-state index is 0.518. The zero-order valence-corrected chi connectivity index (χ0v) is 10.3. The van der Waals surface area contributed by atoms with E-state index in [2.05, 4.69) is 10.1 Å². The van der Waals surface area contributed by atoms with E-state index in [1.165, 1.54) is 0 Å². The maximum Gasteiger partial charge on any atom is 0.191 e. The highest BCUT2D eigenvalue weighted by atomic mass is 16.5. The van der Waals surface area contributed by atoms with Gasteiger partial charge in [0, 0.05) is 18.7 Å². The van der Waals surface area contributed by atoms with Crippen LogP contribution in [0.1, 0.15) is 17.0 Å². The van der Waals surface area contributed by atoms with Crippen molar-refractivity contribution in [2.24, 2.45) is 10.7 Å².